The van der Waals surface area contributed by atoms with Gasteiger partial charge in [-0.2, -0.15) is 5.10 Å². The molecule has 0 aliphatic carbocycles. The van der Waals surface area contributed by atoms with Gasteiger partial charge in [0.25, 0.3) is 0 Å². The zero-order chi connectivity index (χ0) is 11.5. The molecular formula is C11H14IN3S. The first kappa shape index (κ1) is 12.1. The summed E-state index contributed by atoms with van der Waals surface area (Å²) in [6, 6.07) is 2.08. The van der Waals surface area contributed by atoms with E-state index in [1.807, 2.05) is 17.1 Å². The Labute approximate surface area is 113 Å². The Balaban J connectivity index is 2.17. The molecule has 0 saturated carbocycles. The first-order valence-corrected chi connectivity index (χ1v) is 7.18. The van der Waals surface area contributed by atoms with Crippen molar-refractivity contribution in [1.82, 2.24) is 9.78 Å². The van der Waals surface area contributed by atoms with Crippen molar-refractivity contribution in [3.63, 3.8) is 0 Å². The zero-order valence-corrected chi connectivity index (χ0v) is 12.0. The predicted molar refractivity (Wildman–Crippen MR) is 75.6 cm³/mol. The van der Waals surface area contributed by atoms with E-state index in [4.69, 9.17) is 5.73 Å². The second-order valence-electron chi connectivity index (χ2n) is 3.70. The predicted octanol–water partition coefficient (Wildman–Crippen LogP) is 3.01. The molecule has 2 N–H and O–H groups in total. The van der Waals surface area contributed by atoms with E-state index in [-0.39, 0.29) is 6.04 Å². The van der Waals surface area contributed by atoms with E-state index in [1.54, 1.807) is 11.3 Å². The van der Waals surface area contributed by atoms with Gasteiger partial charge in [0.1, 0.15) is 0 Å². The van der Waals surface area contributed by atoms with Crippen LogP contribution in [0.1, 0.15) is 30.5 Å². The molecule has 2 aromatic rings. The number of aryl methyl sites for hydroxylation is 1. The first-order valence-electron chi connectivity index (χ1n) is 5.22. The van der Waals surface area contributed by atoms with Gasteiger partial charge in [0.05, 0.1) is 15.1 Å². The molecule has 5 heteroatoms. The number of rotatable bonds is 4. The third-order valence-corrected chi connectivity index (χ3v) is 4.22. The second-order valence-corrected chi connectivity index (χ2v) is 6.50. The van der Waals surface area contributed by atoms with Crippen molar-refractivity contribution in [2.45, 2.75) is 25.9 Å². The molecule has 16 heavy (non-hydrogen) atoms. The summed E-state index contributed by atoms with van der Waals surface area (Å²) >= 11 is 4.04. The number of nitrogens with two attached hydrogens (primary N) is 1. The van der Waals surface area contributed by atoms with Gasteiger partial charge in [0.2, 0.25) is 0 Å². The van der Waals surface area contributed by atoms with Crippen LogP contribution in [0.2, 0.25) is 0 Å². The van der Waals surface area contributed by atoms with Crippen molar-refractivity contribution in [3.05, 3.63) is 37.9 Å². The second kappa shape index (κ2) is 5.29. The van der Waals surface area contributed by atoms with E-state index in [1.165, 1.54) is 8.45 Å². The number of hydrogen-bond acceptors (Lipinski definition) is 3. The number of thiophene rings is 1. The van der Waals surface area contributed by atoms with Gasteiger partial charge in [-0.15, -0.1) is 11.3 Å². The van der Waals surface area contributed by atoms with Gasteiger partial charge < -0.3 is 5.73 Å². The number of hydrogen-bond donors (Lipinski definition) is 1. The van der Waals surface area contributed by atoms with Gasteiger partial charge in [-0.05, 0) is 46.0 Å². The monoisotopic (exact) mass is 347 g/mol. The first-order chi connectivity index (χ1) is 7.70. The quantitative estimate of drug-likeness (QED) is 0.864. The van der Waals surface area contributed by atoms with E-state index in [0.717, 1.165) is 18.5 Å². The smallest absolute Gasteiger partial charge is 0.0656 e. The summed E-state index contributed by atoms with van der Waals surface area (Å²) in [6.45, 7) is 3.09. The lowest BCUT2D eigenvalue weighted by atomic mass is 10.1. The van der Waals surface area contributed by atoms with Crippen molar-refractivity contribution in [2.24, 2.45) is 5.73 Å². The van der Waals surface area contributed by atoms with Crippen molar-refractivity contribution < 1.29 is 0 Å². The molecule has 0 spiro atoms. The molecule has 0 aromatic carbocycles. The van der Waals surface area contributed by atoms with Gasteiger partial charge >= 0.3 is 0 Å². The molecule has 0 saturated heterocycles. The summed E-state index contributed by atoms with van der Waals surface area (Å²) in [5.74, 6) is 0. The molecule has 0 bridgehead atoms. The molecular weight excluding hydrogens is 333 g/mol. The molecule has 0 aliphatic heterocycles. The Morgan fingerprint density at radius 1 is 1.56 bits per heavy atom. The Bertz CT molecular complexity index is 463. The van der Waals surface area contributed by atoms with Crippen LogP contribution in [-0.2, 0) is 6.54 Å². The average molecular weight is 347 g/mol. The van der Waals surface area contributed by atoms with Crippen LogP contribution < -0.4 is 5.73 Å². The molecule has 2 heterocycles. The molecule has 0 fully saturated rings. The number of aromatic nitrogens is 2. The minimum absolute atomic E-state index is 0.0506. The van der Waals surface area contributed by atoms with Crippen LogP contribution in [0, 0.1) is 2.88 Å². The van der Waals surface area contributed by atoms with Crippen LogP contribution in [0.3, 0.4) is 0 Å². The minimum atomic E-state index is -0.0506. The molecule has 0 aliphatic rings. The molecule has 1 atom stereocenters. The maximum atomic E-state index is 6.19. The fourth-order valence-corrected chi connectivity index (χ4v) is 2.98. The minimum Gasteiger partial charge on any atom is -0.320 e. The van der Waals surface area contributed by atoms with Gasteiger partial charge in [-0.25, -0.2) is 0 Å². The summed E-state index contributed by atoms with van der Waals surface area (Å²) in [5.41, 5.74) is 8.45. The Hall–Kier alpha value is -0.400. The highest BCUT2D eigenvalue weighted by atomic mass is 127. The third kappa shape index (κ3) is 2.64. The van der Waals surface area contributed by atoms with Gasteiger partial charge in [-0.3, -0.25) is 4.68 Å². The molecule has 0 radical (unpaired) electrons. The van der Waals surface area contributed by atoms with E-state index in [0.29, 0.717) is 0 Å². The summed E-state index contributed by atoms with van der Waals surface area (Å²) < 4.78 is 3.22. The molecule has 2 aromatic heterocycles. The van der Waals surface area contributed by atoms with Crippen molar-refractivity contribution in [1.29, 1.82) is 0 Å². The van der Waals surface area contributed by atoms with Crippen molar-refractivity contribution >= 4 is 33.9 Å². The lowest BCUT2D eigenvalue weighted by molar-refractivity contribution is 0.602. The maximum Gasteiger partial charge on any atom is 0.0656 e. The topological polar surface area (TPSA) is 43.8 Å². The lowest BCUT2D eigenvalue weighted by Gasteiger charge is -2.06. The molecule has 3 nitrogen and oxygen atoms in total. The highest BCUT2D eigenvalue weighted by Gasteiger charge is 2.12. The SMILES string of the molecule is CCCn1cc(C(N)c2csc(I)c2)cn1. The number of halogens is 1. The zero-order valence-electron chi connectivity index (χ0n) is 9.06. The van der Waals surface area contributed by atoms with Crippen LogP contribution in [0.4, 0.5) is 0 Å². The fourth-order valence-electron chi connectivity index (χ4n) is 1.57. The van der Waals surface area contributed by atoms with E-state index in [9.17, 15) is 0 Å². The van der Waals surface area contributed by atoms with Crippen LogP contribution in [0.5, 0.6) is 0 Å². The lowest BCUT2D eigenvalue weighted by Crippen LogP contribution is -2.10. The average Bonchev–Trinajstić information content (AvgIpc) is 2.87. The van der Waals surface area contributed by atoms with Crippen LogP contribution in [0.15, 0.2) is 23.8 Å². The highest BCUT2D eigenvalue weighted by Crippen LogP contribution is 2.25. The van der Waals surface area contributed by atoms with E-state index < -0.39 is 0 Å². The summed E-state index contributed by atoms with van der Waals surface area (Å²) in [4.78, 5) is 0. The summed E-state index contributed by atoms with van der Waals surface area (Å²) in [7, 11) is 0. The maximum absolute atomic E-state index is 6.19. The van der Waals surface area contributed by atoms with Crippen molar-refractivity contribution in [2.75, 3.05) is 0 Å². The molecule has 0 amide bonds. The molecule has 2 rings (SSSR count). The highest BCUT2D eigenvalue weighted by molar-refractivity contribution is 14.1. The molecule has 86 valence electrons. The molecule has 1 unspecified atom stereocenters. The summed E-state index contributed by atoms with van der Waals surface area (Å²) in [5, 5.41) is 6.41. The van der Waals surface area contributed by atoms with Crippen molar-refractivity contribution in [3.8, 4) is 0 Å². The van der Waals surface area contributed by atoms with Gasteiger partial charge in [0.15, 0.2) is 0 Å². The van der Waals surface area contributed by atoms with Gasteiger partial charge in [0, 0.05) is 18.3 Å². The summed E-state index contributed by atoms with van der Waals surface area (Å²) in [6.07, 6.45) is 5.00. The third-order valence-electron chi connectivity index (χ3n) is 2.41. The standard InChI is InChI=1S/C11H14IN3S/c1-2-3-15-6-9(5-14-15)11(13)8-4-10(12)16-7-8/h4-7,11H,2-3,13H2,1H3. The van der Waals surface area contributed by atoms with Gasteiger partial charge in [-0.1, -0.05) is 6.92 Å². The van der Waals surface area contributed by atoms with Crippen LogP contribution >= 0.6 is 33.9 Å². The Morgan fingerprint density at radius 3 is 3.00 bits per heavy atom. The normalized spacial score (nSPS) is 12.9. The van der Waals surface area contributed by atoms with E-state index in [2.05, 4.69) is 46.1 Å². The van der Waals surface area contributed by atoms with E-state index >= 15 is 0 Å². The van der Waals surface area contributed by atoms with Crippen LogP contribution in [-0.4, -0.2) is 9.78 Å². The largest absolute Gasteiger partial charge is 0.320 e. The number of nitrogens with zero attached hydrogens (tertiary/aromatic N) is 2. The Morgan fingerprint density at radius 2 is 2.38 bits per heavy atom. The Kier molecular flexibility index (Phi) is 3.99. The van der Waals surface area contributed by atoms with Crippen LogP contribution in [0.25, 0.3) is 0 Å². The fraction of sp³-hybridized carbons (Fsp3) is 0.364.